The van der Waals surface area contributed by atoms with Gasteiger partial charge < -0.3 is 10.6 Å². The highest BCUT2D eigenvalue weighted by Crippen LogP contribution is 2.38. The number of carbonyl (C=O) groups is 1. The van der Waals surface area contributed by atoms with Crippen LogP contribution >= 0.6 is 0 Å². The summed E-state index contributed by atoms with van der Waals surface area (Å²) in [6, 6.07) is 3.66. The molecule has 0 fully saturated rings. The van der Waals surface area contributed by atoms with Gasteiger partial charge in [-0.1, -0.05) is 31.5 Å². The van der Waals surface area contributed by atoms with E-state index < -0.39 is 6.04 Å². The van der Waals surface area contributed by atoms with Gasteiger partial charge in [0.25, 0.3) is 0 Å². The molecule has 1 unspecified atom stereocenters. The maximum Gasteiger partial charge on any atom is 0.248 e. The topological polar surface area (TPSA) is 46.3 Å². The maximum absolute atomic E-state index is 12.2. The average Bonchev–Trinajstić information content (AvgIpc) is 2.43. The summed E-state index contributed by atoms with van der Waals surface area (Å²) in [7, 11) is 0. The Morgan fingerprint density at radius 1 is 1.35 bits per heavy atom. The first-order chi connectivity index (χ1) is 7.91. The Hall–Kier alpha value is -1.35. The van der Waals surface area contributed by atoms with E-state index in [1.807, 2.05) is 24.8 Å². The van der Waals surface area contributed by atoms with Gasteiger partial charge >= 0.3 is 0 Å². The van der Waals surface area contributed by atoms with Crippen LogP contribution in [0.1, 0.15) is 36.6 Å². The van der Waals surface area contributed by atoms with E-state index in [0.29, 0.717) is 5.92 Å². The summed E-state index contributed by atoms with van der Waals surface area (Å²) in [5.41, 5.74) is 10.3. The second-order valence-electron chi connectivity index (χ2n) is 5.34. The van der Waals surface area contributed by atoms with Crippen LogP contribution in [0.3, 0.4) is 0 Å². The predicted molar refractivity (Wildman–Crippen MR) is 70.0 cm³/mol. The van der Waals surface area contributed by atoms with Crippen LogP contribution in [0.5, 0.6) is 0 Å². The molecule has 2 N–H and O–H groups in total. The quantitative estimate of drug-likeness (QED) is 0.850. The number of nitrogens with two attached hydrogens (primary N) is 1. The van der Waals surface area contributed by atoms with Crippen molar-refractivity contribution < 1.29 is 4.79 Å². The Kier molecular flexibility index (Phi) is 2.96. The Bertz CT molecular complexity index is 466. The van der Waals surface area contributed by atoms with E-state index in [-0.39, 0.29) is 5.91 Å². The lowest BCUT2D eigenvalue weighted by Gasteiger charge is -2.21. The van der Waals surface area contributed by atoms with Crippen LogP contribution in [-0.2, 0) is 4.79 Å². The van der Waals surface area contributed by atoms with Crippen molar-refractivity contribution in [1.29, 1.82) is 0 Å². The summed E-state index contributed by atoms with van der Waals surface area (Å²) in [6.07, 6.45) is 0. The molecule has 1 amide bonds. The predicted octanol–water partition coefficient (Wildman–Crippen LogP) is 2.31. The molecule has 92 valence electrons. The van der Waals surface area contributed by atoms with Gasteiger partial charge in [-0.2, -0.15) is 0 Å². The SMILES string of the molecule is Cc1cc(C)c2c(c1)C(N)C(=O)N2CC(C)C. The molecule has 0 aromatic heterocycles. The highest BCUT2D eigenvalue weighted by Gasteiger charge is 2.36. The van der Waals surface area contributed by atoms with E-state index >= 15 is 0 Å². The van der Waals surface area contributed by atoms with Gasteiger partial charge in [-0.05, 0) is 25.3 Å². The Morgan fingerprint density at radius 2 is 2.00 bits per heavy atom. The first kappa shape index (κ1) is 12.1. The molecule has 0 bridgehead atoms. The van der Waals surface area contributed by atoms with Crippen molar-refractivity contribution in [1.82, 2.24) is 0 Å². The normalized spacial score (nSPS) is 19.1. The lowest BCUT2D eigenvalue weighted by atomic mass is 10.0. The molecule has 1 heterocycles. The van der Waals surface area contributed by atoms with Gasteiger partial charge in [0.2, 0.25) is 5.91 Å². The van der Waals surface area contributed by atoms with Crippen LogP contribution in [0.25, 0.3) is 0 Å². The zero-order valence-corrected chi connectivity index (χ0v) is 10.9. The lowest BCUT2D eigenvalue weighted by Crippen LogP contribution is -2.34. The van der Waals surface area contributed by atoms with E-state index in [4.69, 9.17) is 5.73 Å². The van der Waals surface area contributed by atoms with Gasteiger partial charge in [0.05, 0.1) is 5.69 Å². The number of fused-ring (bicyclic) bond motifs is 1. The zero-order chi connectivity index (χ0) is 12.7. The summed E-state index contributed by atoms with van der Waals surface area (Å²) in [5.74, 6) is 0.472. The summed E-state index contributed by atoms with van der Waals surface area (Å²) >= 11 is 0. The third-order valence-electron chi connectivity index (χ3n) is 3.16. The standard InChI is InChI=1S/C14H20N2O/c1-8(2)7-16-13-10(4)5-9(3)6-11(13)12(15)14(16)17/h5-6,8,12H,7,15H2,1-4H3. The number of carbonyl (C=O) groups excluding carboxylic acids is 1. The number of aryl methyl sites for hydroxylation is 2. The lowest BCUT2D eigenvalue weighted by molar-refractivity contribution is -0.119. The number of hydrogen-bond donors (Lipinski definition) is 1. The van der Waals surface area contributed by atoms with E-state index in [0.717, 1.165) is 28.9 Å². The molecular formula is C14H20N2O. The molecule has 0 saturated heterocycles. The molecule has 1 atom stereocenters. The van der Waals surface area contributed by atoms with Gasteiger partial charge in [-0.3, -0.25) is 4.79 Å². The maximum atomic E-state index is 12.2. The smallest absolute Gasteiger partial charge is 0.248 e. The summed E-state index contributed by atoms with van der Waals surface area (Å²) < 4.78 is 0. The third-order valence-corrected chi connectivity index (χ3v) is 3.16. The molecule has 1 aliphatic heterocycles. The fraction of sp³-hybridized carbons (Fsp3) is 0.500. The summed E-state index contributed by atoms with van der Waals surface area (Å²) in [4.78, 5) is 14.0. The highest BCUT2D eigenvalue weighted by atomic mass is 16.2. The number of benzene rings is 1. The minimum atomic E-state index is -0.484. The number of anilines is 1. The van der Waals surface area contributed by atoms with Crippen molar-refractivity contribution in [3.05, 3.63) is 28.8 Å². The van der Waals surface area contributed by atoms with Crippen molar-refractivity contribution in [2.24, 2.45) is 11.7 Å². The monoisotopic (exact) mass is 232 g/mol. The molecule has 17 heavy (non-hydrogen) atoms. The van der Waals surface area contributed by atoms with Crippen LogP contribution in [0.2, 0.25) is 0 Å². The zero-order valence-electron chi connectivity index (χ0n) is 10.9. The molecule has 1 aliphatic rings. The van der Waals surface area contributed by atoms with E-state index in [1.165, 1.54) is 0 Å². The fourth-order valence-electron chi connectivity index (χ4n) is 2.56. The molecule has 0 saturated carbocycles. The molecule has 2 rings (SSSR count). The molecule has 1 aromatic carbocycles. The van der Waals surface area contributed by atoms with Crippen LogP contribution in [-0.4, -0.2) is 12.5 Å². The van der Waals surface area contributed by atoms with Gasteiger partial charge in [0, 0.05) is 12.1 Å². The number of rotatable bonds is 2. The number of amides is 1. The first-order valence-corrected chi connectivity index (χ1v) is 6.10. The summed E-state index contributed by atoms with van der Waals surface area (Å²) in [5, 5.41) is 0. The van der Waals surface area contributed by atoms with Gasteiger partial charge in [-0.25, -0.2) is 0 Å². The molecule has 1 aromatic rings. The van der Waals surface area contributed by atoms with Crippen LogP contribution in [0.15, 0.2) is 12.1 Å². The molecule has 0 aliphatic carbocycles. The highest BCUT2D eigenvalue weighted by molar-refractivity contribution is 6.05. The molecule has 3 nitrogen and oxygen atoms in total. The van der Waals surface area contributed by atoms with Crippen molar-refractivity contribution >= 4 is 11.6 Å². The minimum Gasteiger partial charge on any atom is -0.316 e. The van der Waals surface area contributed by atoms with E-state index in [9.17, 15) is 4.79 Å². The number of hydrogen-bond acceptors (Lipinski definition) is 2. The van der Waals surface area contributed by atoms with E-state index in [2.05, 4.69) is 19.9 Å². The molecular weight excluding hydrogens is 212 g/mol. The van der Waals surface area contributed by atoms with Crippen molar-refractivity contribution in [3.63, 3.8) is 0 Å². The summed E-state index contributed by atoms with van der Waals surface area (Å²) in [6.45, 7) is 9.05. The van der Waals surface area contributed by atoms with Gasteiger partial charge in [0.15, 0.2) is 0 Å². The number of nitrogens with zero attached hydrogens (tertiary/aromatic N) is 1. The molecule has 3 heteroatoms. The van der Waals surface area contributed by atoms with Crippen LogP contribution in [0.4, 0.5) is 5.69 Å². The molecule has 0 radical (unpaired) electrons. The van der Waals surface area contributed by atoms with Crippen molar-refractivity contribution in [2.75, 3.05) is 11.4 Å². The average molecular weight is 232 g/mol. The van der Waals surface area contributed by atoms with Crippen molar-refractivity contribution in [2.45, 2.75) is 33.7 Å². The van der Waals surface area contributed by atoms with Gasteiger partial charge in [-0.15, -0.1) is 0 Å². The van der Waals surface area contributed by atoms with Gasteiger partial charge in [0.1, 0.15) is 6.04 Å². The Labute approximate surface area is 103 Å². The Morgan fingerprint density at radius 3 is 2.59 bits per heavy atom. The minimum absolute atomic E-state index is 0.0300. The third kappa shape index (κ3) is 1.95. The van der Waals surface area contributed by atoms with Crippen LogP contribution in [0, 0.1) is 19.8 Å². The largest absolute Gasteiger partial charge is 0.316 e. The second-order valence-corrected chi connectivity index (χ2v) is 5.34. The van der Waals surface area contributed by atoms with E-state index in [1.54, 1.807) is 0 Å². The second kappa shape index (κ2) is 4.15. The fourth-order valence-corrected chi connectivity index (χ4v) is 2.56. The van der Waals surface area contributed by atoms with Crippen LogP contribution < -0.4 is 10.6 Å². The van der Waals surface area contributed by atoms with Crippen molar-refractivity contribution in [3.8, 4) is 0 Å². The molecule has 0 spiro atoms. The first-order valence-electron chi connectivity index (χ1n) is 6.10. The Balaban J connectivity index is 2.52.